The number of rotatable bonds is 2. The summed E-state index contributed by atoms with van der Waals surface area (Å²) in [5.41, 5.74) is 4.11. The Kier molecular flexibility index (Phi) is 3.54. The smallest absolute Gasteiger partial charge is 0.00865 e. The van der Waals surface area contributed by atoms with Gasteiger partial charge in [-0.3, -0.25) is 0 Å². The van der Waals surface area contributed by atoms with Crippen molar-refractivity contribution in [1.82, 2.24) is 0 Å². The van der Waals surface area contributed by atoms with Crippen LogP contribution in [0, 0.1) is 13.8 Å². The molecule has 0 unspecified atom stereocenters. The summed E-state index contributed by atoms with van der Waals surface area (Å²) in [5.74, 6) is 0. The highest BCUT2D eigenvalue weighted by atomic mass is 79.9. The molecule has 1 aromatic carbocycles. The van der Waals surface area contributed by atoms with Gasteiger partial charge in [0.1, 0.15) is 0 Å². The van der Waals surface area contributed by atoms with Crippen LogP contribution in [0.5, 0.6) is 0 Å². The van der Waals surface area contributed by atoms with Crippen molar-refractivity contribution in [3.05, 3.63) is 46.0 Å². The van der Waals surface area contributed by atoms with Crippen LogP contribution >= 0.6 is 15.9 Å². The SMILES string of the molecule is Cc1ccc(C)c(C/C=C/Br)c1. The van der Waals surface area contributed by atoms with E-state index in [1.165, 1.54) is 16.7 Å². The molecule has 12 heavy (non-hydrogen) atoms. The fraction of sp³-hybridized carbons (Fsp3) is 0.273. The van der Waals surface area contributed by atoms with Gasteiger partial charge in [0.15, 0.2) is 0 Å². The van der Waals surface area contributed by atoms with Crippen molar-refractivity contribution in [3.63, 3.8) is 0 Å². The monoisotopic (exact) mass is 224 g/mol. The van der Waals surface area contributed by atoms with Crippen molar-refractivity contribution < 1.29 is 0 Å². The largest absolute Gasteiger partial charge is 0.0732 e. The van der Waals surface area contributed by atoms with Gasteiger partial charge in [-0.15, -0.1) is 0 Å². The minimum Gasteiger partial charge on any atom is -0.0732 e. The van der Waals surface area contributed by atoms with E-state index >= 15 is 0 Å². The molecule has 1 heteroatoms. The summed E-state index contributed by atoms with van der Waals surface area (Å²) in [5, 5.41) is 0. The zero-order chi connectivity index (χ0) is 8.97. The number of allylic oxidation sites excluding steroid dienone is 1. The predicted molar refractivity (Wildman–Crippen MR) is 57.7 cm³/mol. The van der Waals surface area contributed by atoms with E-state index in [1.54, 1.807) is 0 Å². The van der Waals surface area contributed by atoms with Crippen molar-refractivity contribution in [3.8, 4) is 0 Å². The molecule has 0 amide bonds. The topological polar surface area (TPSA) is 0 Å². The van der Waals surface area contributed by atoms with Crippen LogP contribution in [0.1, 0.15) is 16.7 Å². The fourth-order valence-corrected chi connectivity index (χ4v) is 1.38. The van der Waals surface area contributed by atoms with Gasteiger partial charge in [0.05, 0.1) is 0 Å². The maximum absolute atomic E-state index is 3.27. The molecule has 0 spiro atoms. The normalized spacial score (nSPS) is 10.9. The first-order valence-corrected chi connectivity index (χ1v) is 4.97. The van der Waals surface area contributed by atoms with Gasteiger partial charge in [-0.1, -0.05) is 45.8 Å². The Hall–Kier alpha value is -0.560. The highest BCUT2D eigenvalue weighted by molar-refractivity contribution is 9.11. The molecule has 0 aliphatic carbocycles. The Labute approximate surface area is 82.4 Å². The van der Waals surface area contributed by atoms with Crippen LogP contribution in [0.2, 0.25) is 0 Å². The maximum Gasteiger partial charge on any atom is -0.00865 e. The van der Waals surface area contributed by atoms with Crippen LogP contribution in [0.25, 0.3) is 0 Å². The lowest BCUT2D eigenvalue weighted by atomic mass is 10.0. The minimum absolute atomic E-state index is 1.01. The Morgan fingerprint density at radius 2 is 2.08 bits per heavy atom. The molecular formula is C11H13Br. The second-order valence-corrected chi connectivity index (χ2v) is 3.52. The highest BCUT2D eigenvalue weighted by Crippen LogP contribution is 2.11. The van der Waals surface area contributed by atoms with E-state index in [2.05, 4.69) is 54.1 Å². The predicted octanol–water partition coefficient (Wildman–Crippen LogP) is 3.75. The first-order chi connectivity index (χ1) is 5.74. The average molecular weight is 225 g/mol. The maximum atomic E-state index is 3.27. The first kappa shape index (κ1) is 9.53. The van der Waals surface area contributed by atoms with E-state index in [0.29, 0.717) is 0 Å². The summed E-state index contributed by atoms with van der Waals surface area (Å²) in [6, 6.07) is 6.56. The molecule has 1 aromatic rings. The summed E-state index contributed by atoms with van der Waals surface area (Å²) < 4.78 is 0. The van der Waals surface area contributed by atoms with Gasteiger partial charge in [0.25, 0.3) is 0 Å². The molecule has 0 aliphatic heterocycles. The molecule has 1 rings (SSSR count). The standard InChI is InChI=1S/C11H13Br/c1-9-5-6-10(2)11(8-9)4-3-7-12/h3,5-8H,4H2,1-2H3/b7-3+. The van der Waals surface area contributed by atoms with E-state index in [1.807, 2.05) is 4.99 Å². The molecular weight excluding hydrogens is 212 g/mol. The Morgan fingerprint density at radius 3 is 2.75 bits per heavy atom. The Bertz CT molecular complexity index is 287. The van der Waals surface area contributed by atoms with Crippen molar-refractivity contribution >= 4 is 15.9 Å². The second kappa shape index (κ2) is 4.46. The van der Waals surface area contributed by atoms with E-state index < -0.39 is 0 Å². The molecule has 0 atom stereocenters. The van der Waals surface area contributed by atoms with Gasteiger partial charge in [-0.05, 0) is 36.4 Å². The molecule has 0 radical (unpaired) electrons. The third-order valence-corrected chi connectivity index (χ3v) is 2.31. The summed E-state index contributed by atoms with van der Waals surface area (Å²) in [6.45, 7) is 4.28. The quantitative estimate of drug-likeness (QED) is 0.718. The Balaban J connectivity index is 2.89. The Morgan fingerprint density at radius 1 is 1.33 bits per heavy atom. The van der Waals surface area contributed by atoms with Gasteiger partial charge >= 0.3 is 0 Å². The number of hydrogen-bond donors (Lipinski definition) is 0. The van der Waals surface area contributed by atoms with E-state index in [4.69, 9.17) is 0 Å². The zero-order valence-corrected chi connectivity index (χ0v) is 9.06. The van der Waals surface area contributed by atoms with E-state index in [9.17, 15) is 0 Å². The van der Waals surface area contributed by atoms with Gasteiger partial charge in [0.2, 0.25) is 0 Å². The van der Waals surface area contributed by atoms with Crippen LogP contribution in [0.15, 0.2) is 29.3 Å². The summed E-state index contributed by atoms with van der Waals surface area (Å²) >= 11 is 3.27. The number of aryl methyl sites for hydroxylation is 2. The molecule has 0 saturated carbocycles. The van der Waals surface area contributed by atoms with Gasteiger partial charge < -0.3 is 0 Å². The summed E-state index contributed by atoms with van der Waals surface area (Å²) in [6.07, 6.45) is 3.13. The molecule has 0 saturated heterocycles. The first-order valence-electron chi connectivity index (χ1n) is 4.05. The zero-order valence-electron chi connectivity index (χ0n) is 7.47. The van der Waals surface area contributed by atoms with Gasteiger partial charge in [0, 0.05) is 0 Å². The molecule has 0 aliphatic rings. The molecule has 0 aromatic heterocycles. The number of hydrogen-bond acceptors (Lipinski definition) is 0. The van der Waals surface area contributed by atoms with Crippen molar-refractivity contribution in [2.75, 3.05) is 0 Å². The number of benzene rings is 1. The van der Waals surface area contributed by atoms with E-state index in [-0.39, 0.29) is 0 Å². The average Bonchev–Trinajstić information content (AvgIpc) is 2.07. The molecule has 64 valence electrons. The molecule has 0 fully saturated rings. The van der Waals surface area contributed by atoms with Crippen molar-refractivity contribution in [2.45, 2.75) is 20.3 Å². The molecule has 0 nitrogen and oxygen atoms in total. The van der Waals surface area contributed by atoms with Gasteiger partial charge in [-0.2, -0.15) is 0 Å². The third-order valence-electron chi connectivity index (χ3n) is 1.93. The number of halogens is 1. The lowest BCUT2D eigenvalue weighted by Gasteiger charge is -2.03. The lowest BCUT2D eigenvalue weighted by molar-refractivity contribution is 1.20. The van der Waals surface area contributed by atoms with Crippen LogP contribution < -0.4 is 0 Å². The van der Waals surface area contributed by atoms with Crippen LogP contribution in [-0.2, 0) is 6.42 Å². The third kappa shape index (κ3) is 2.49. The van der Waals surface area contributed by atoms with Gasteiger partial charge in [-0.25, -0.2) is 0 Å². The molecule has 0 N–H and O–H groups in total. The van der Waals surface area contributed by atoms with Crippen molar-refractivity contribution in [2.24, 2.45) is 0 Å². The second-order valence-electron chi connectivity index (χ2n) is 3.00. The molecule has 0 heterocycles. The summed E-state index contributed by atoms with van der Waals surface area (Å²) in [4.78, 5) is 1.91. The fourth-order valence-electron chi connectivity index (χ4n) is 1.19. The summed E-state index contributed by atoms with van der Waals surface area (Å²) in [7, 11) is 0. The van der Waals surface area contributed by atoms with E-state index in [0.717, 1.165) is 6.42 Å². The molecule has 0 bridgehead atoms. The van der Waals surface area contributed by atoms with Crippen LogP contribution in [-0.4, -0.2) is 0 Å². The van der Waals surface area contributed by atoms with Crippen LogP contribution in [0.3, 0.4) is 0 Å². The van der Waals surface area contributed by atoms with Crippen molar-refractivity contribution in [1.29, 1.82) is 0 Å². The highest BCUT2D eigenvalue weighted by Gasteiger charge is 1.95. The van der Waals surface area contributed by atoms with Crippen LogP contribution in [0.4, 0.5) is 0 Å². The minimum atomic E-state index is 1.01. The lowest BCUT2D eigenvalue weighted by Crippen LogP contribution is -1.87.